The molecule has 2 N–H and O–H groups in total. The molecule has 1 aliphatic carbocycles. The molecule has 1 amide bonds. The molecule has 0 saturated heterocycles. The monoisotopic (exact) mass is 376 g/mol. The van der Waals surface area contributed by atoms with Crippen LogP contribution in [-0.2, 0) is 11.2 Å². The van der Waals surface area contributed by atoms with E-state index in [0.717, 1.165) is 28.7 Å². The van der Waals surface area contributed by atoms with E-state index < -0.39 is 0 Å². The van der Waals surface area contributed by atoms with Gasteiger partial charge in [0.25, 0.3) is 0 Å². The Bertz CT molecular complexity index is 739. The van der Waals surface area contributed by atoms with Crippen LogP contribution < -0.4 is 10.6 Å². The number of nitrogens with one attached hydrogen (secondary N) is 2. The van der Waals surface area contributed by atoms with Crippen molar-refractivity contribution in [1.82, 2.24) is 15.5 Å². The normalized spacial score (nSPS) is 17.0. The summed E-state index contributed by atoms with van der Waals surface area (Å²) in [4.78, 5) is 12.3. The van der Waals surface area contributed by atoms with E-state index in [1.807, 2.05) is 6.07 Å². The van der Waals surface area contributed by atoms with Gasteiger partial charge in [-0.3, -0.25) is 4.79 Å². The summed E-state index contributed by atoms with van der Waals surface area (Å²) in [6, 6.07) is 8.53. The largest absolute Gasteiger partial charge is 0.355 e. The molecule has 0 radical (unpaired) electrons. The Morgan fingerprint density at radius 2 is 2.12 bits per heavy atom. The second kappa shape index (κ2) is 7.74. The number of aryl methyl sites for hydroxylation is 1. The van der Waals surface area contributed by atoms with Crippen LogP contribution in [0, 0.1) is 0 Å². The van der Waals surface area contributed by atoms with E-state index in [1.165, 1.54) is 34.2 Å². The molecule has 1 aliphatic rings. The molecule has 5 nitrogen and oxygen atoms in total. The first-order chi connectivity index (χ1) is 11.9. The lowest BCUT2D eigenvalue weighted by Gasteiger charge is -2.26. The van der Waals surface area contributed by atoms with Crippen LogP contribution in [0.2, 0.25) is 0 Å². The van der Waals surface area contributed by atoms with Crippen LogP contribution in [0.15, 0.2) is 28.6 Å². The SMILES string of the molecule is CC(C)(C)Nc1nnc(SCC(=O)NC2CCCc3ccccc32)s1. The van der Waals surface area contributed by atoms with E-state index in [9.17, 15) is 4.79 Å². The Labute approximate surface area is 157 Å². The number of thioether (sulfide) groups is 1. The van der Waals surface area contributed by atoms with Gasteiger partial charge in [-0.25, -0.2) is 0 Å². The summed E-state index contributed by atoms with van der Waals surface area (Å²) >= 11 is 2.92. The van der Waals surface area contributed by atoms with E-state index in [-0.39, 0.29) is 17.5 Å². The van der Waals surface area contributed by atoms with Gasteiger partial charge in [0.15, 0.2) is 4.34 Å². The van der Waals surface area contributed by atoms with E-state index in [1.54, 1.807) is 0 Å². The number of hydrogen-bond acceptors (Lipinski definition) is 6. The average molecular weight is 377 g/mol. The summed E-state index contributed by atoms with van der Waals surface area (Å²) in [5.41, 5.74) is 2.57. The highest BCUT2D eigenvalue weighted by Gasteiger charge is 2.21. The predicted molar refractivity (Wildman–Crippen MR) is 104 cm³/mol. The molecule has 0 bridgehead atoms. The van der Waals surface area contributed by atoms with Crippen molar-refractivity contribution in [2.75, 3.05) is 11.1 Å². The van der Waals surface area contributed by atoms with Crippen molar-refractivity contribution in [2.24, 2.45) is 0 Å². The fourth-order valence-corrected chi connectivity index (χ4v) is 4.68. The summed E-state index contributed by atoms with van der Waals surface area (Å²) in [6.45, 7) is 6.24. The number of rotatable bonds is 5. The minimum Gasteiger partial charge on any atom is -0.355 e. The lowest BCUT2D eigenvalue weighted by Crippen LogP contribution is -2.32. The van der Waals surface area contributed by atoms with Crippen molar-refractivity contribution in [3.63, 3.8) is 0 Å². The van der Waals surface area contributed by atoms with Crippen molar-refractivity contribution in [1.29, 1.82) is 0 Å². The zero-order valence-corrected chi connectivity index (χ0v) is 16.5. The second-order valence-corrected chi connectivity index (χ2v) is 9.45. The Kier molecular flexibility index (Phi) is 5.64. The average Bonchev–Trinajstić information content (AvgIpc) is 2.99. The maximum Gasteiger partial charge on any atom is 0.230 e. The topological polar surface area (TPSA) is 66.9 Å². The first kappa shape index (κ1) is 18.2. The number of anilines is 1. The number of carbonyl (C=O) groups excluding carboxylic acids is 1. The molecule has 7 heteroatoms. The molecule has 3 rings (SSSR count). The van der Waals surface area contributed by atoms with E-state index >= 15 is 0 Å². The fourth-order valence-electron chi connectivity index (χ4n) is 2.91. The maximum atomic E-state index is 12.3. The lowest BCUT2D eigenvalue weighted by atomic mass is 9.88. The number of benzene rings is 1. The van der Waals surface area contributed by atoms with Crippen LogP contribution in [0.1, 0.15) is 50.8 Å². The van der Waals surface area contributed by atoms with Crippen molar-refractivity contribution in [3.8, 4) is 0 Å². The van der Waals surface area contributed by atoms with Crippen LogP contribution in [0.3, 0.4) is 0 Å². The van der Waals surface area contributed by atoms with Gasteiger partial charge >= 0.3 is 0 Å². The van der Waals surface area contributed by atoms with Crippen molar-refractivity contribution in [3.05, 3.63) is 35.4 Å². The molecule has 134 valence electrons. The Balaban J connectivity index is 1.52. The zero-order chi connectivity index (χ0) is 17.9. The minimum absolute atomic E-state index is 0.0484. The van der Waals surface area contributed by atoms with Crippen molar-refractivity contribution >= 4 is 34.1 Å². The second-order valence-electron chi connectivity index (χ2n) is 7.25. The summed E-state index contributed by atoms with van der Waals surface area (Å²) in [5, 5.41) is 15.5. The first-order valence-corrected chi connectivity index (χ1v) is 10.3. The molecule has 0 fully saturated rings. The molecule has 1 aromatic carbocycles. The fraction of sp³-hybridized carbons (Fsp3) is 0.500. The molecule has 0 aliphatic heterocycles. The maximum absolute atomic E-state index is 12.3. The third-order valence-electron chi connectivity index (χ3n) is 3.92. The van der Waals surface area contributed by atoms with Gasteiger partial charge in [-0.2, -0.15) is 0 Å². The van der Waals surface area contributed by atoms with Crippen LogP contribution in [-0.4, -0.2) is 27.4 Å². The molecule has 0 spiro atoms. The third-order valence-corrected chi connectivity index (χ3v) is 5.89. The summed E-state index contributed by atoms with van der Waals surface area (Å²) < 4.78 is 0.811. The smallest absolute Gasteiger partial charge is 0.230 e. The van der Waals surface area contributed by atoms with Gasteiger partial charge in [0.2, 0.25) is 11.0 Å². The number of hydrogen-bond donors (Lipinski definition) is 2. The lowest BCUT2D eigenvalue weighted by molar-refractivity contribution is -0.119. The van der Waals surface area contributed by atoms with Crippen LogP contribution in [0.5, 0.6) is 0 Å². The number of carbonyl (C=O) groups is 1. The highest BCUT2D eigenvalue weighted by Crippen LogP contribution is 2.30. The highest BCUT2D eigenvalue weighted by atomic mass is 32.2. The van der Waals surface area contributed by atoms with Gasteiger partial charge in [0.1, 0.15) is 0 Å². The van der Waals surface area contributed by atoms with Crippen molar-refractivity contribution < 1.29 is 4.79 Å². The molecule has 25 heavy (non-hydrogen) atoms. The third kappa shape index (κ3) is 5.19. The highest BCUT2D eigenvalue weighted by molar-refractivity contribution is 8.01. The molecule has 1 aromatic heterocycles. The van der Waals surface area contributed by atoms with Crippen LogP contribution in [0.25, 0.3) is 0 Å². The molecule has 0 saturated carbocycles. The summed E-state index contributed by atoms with van der Waals surface area (Å²) in [7, 11) is 0. The number of nitrogens with zero attached hydrogens (tertiary/aromatic N) is 2. The van der Waals surface area contributed by atoms with Gasteiger partial charge in [-0.15, -0.1) is 10.2 Å². The molecular formula is C18H24N4OS2. The standard InChI is InChI=1S/C18H24N4OS2/c1-18(2,3)20-16-21-22-17(25-16)24-11-15(23)19-14-10-6-8-12-7-4-5-9-13(12)14/h4-5,7,9,14H,6,8,10-11H2,1-3H3,(H,19,23)(H,20,21). The van der Waals surface area contributed by atoms with Gasteiger partial charge in [0, 0.05) is 5.54 Å². The number of amides is 1. The van der Waals surface area contributed by atoms with Crippen molar-refractivity contribution in [2.45, 2.75) is 56.0 Å². The Hall–Kier alpha value is -1.60. The number of aromatic nitrogens is 2. The van der Waals surface area contributed by atoms with E-state index in [2.05, 4.69) is 59.8 Å². The van der Waals surface area contributed by atoms with Gasteiger partial charge in [-0.1, -0.05) is 47.4 Å². The summed E-state index contributed by atoms with van der Waals surface area (Å²) in [6.07, 6.45) is 3.23. The van der Waals surface area contributed by atoms with Gasteiger partial charge < -0.3 is 10.6 Å². The van der Waals surface area contributed by atoms with Gasteiger partial charge in [0.05, 0.1) is 11.8 Å². The molecule has 2 aromatic rings. The summed E-state index contributed by atoms with van der Waals surface area (Å²) in [5.74, 6) is 0.412. The molecular weight excluding hydrogens is 352 g/mol. The zero-order valence-electron chi connectivity index (χ0n) is 14.8. The molecule has 1 atom stereocenters. The van der Waals surface area contributed by atoms with Crippen LogP contribution in [0.4, 0.5) is 5.13 Å². The Morgan fingerprint density at radius 3 is 2.92 bits per heavy atom. The molecule has 1 unspecified atom stereocenters. The van der Waals surface area contributed by atoms with E-state index in [0.29, 0.717) is 5.75 Å². The quantitative estimate of drug-likeness (QED) is 0.771. The van der Waals surface area contributed by atoms with Crippen LogP contribution >= 0.6 is 23.1 Å². The predicted octanol–water partition coefficient (Wildman–Crippen LogP) is 4.03. The molecule has 1 heterocycles. The number of fused-ring (bicyclic) bond motifs is 1. The van der Waals surface area contributed by atoms with Gasteiger partial charge in [-0.05, 0) is 51.2 Å². The minimum atomic E-state index is -0.0484. The Morgan fingerprint density at radius 1 is 1.32 bits per heavy atom. The first-order valence-electron chi connectivity index (χ1n) is 8.52. The van der Waals surface area contributed by atoms with E-state index in [4.69, 9.17) is 0 Å².